The molecule has 3 N–H and O–H groups in total. The van der Waals surface area contributed by atoms with E-state index in [0.717, 1.165) is 16.5 Å². The Morgan fingerprint density at radius 1 is 1.32 bits per heavy atom. The van der Waals surface area contributed by atoms with Crippen molar-refractivity contribution in [1.82, 2.24) is 15.5 Å². The molecule has 0 fully saturated rings. The van der Waals surface area contributed by atoms with E-state index in [4.69, 9.17) is 4.52 Å². The highest BCUT2D eigenvalue weighted by atomic mass is 16.5. The number of H-pyrrole nitrogens is 1. The number of aliphatic carboxylic acids is 1. The summed E-state index contributed by atoms with van der Waals surface area (Å²) in [6.45, 7) is 3.85. The van der Waals surface area contributed by atoms with Gasteiger partial charge in [0.2, 0.25) is 5.76 Å². The molecule has 0 unspecified atom stereocenters. The number of nitrogens with zero attached hydrogens (tertiary/aromatic N) is 1. The minimum Gasteiger partial charge on any atom is -0.480 e. The number of carboxylic acid groups (broad SMARTS) is 1. The number of benzene rings is 1. The second kappa shape index (κ2) is 6.80. The van der Waals surface area contributed by atoms with Gasteiger partial charge in [0.25, 0.3) is 5.91 Å². The van der Waals surface area contributed by atoms with Crippen molar-refractivity contribution < 1.29 is 19.2 Å². The van der Waals surface area contributed by atoms with Crippen molar-refractivity contribution in [2.24, 2.45) is 0 Å². The van der Waals surface area contributed by atoms with Crippen LogP contribution in [-0.2, 0) is 11.2 Å². The molecular weight excluding hydrogens is 322 g/mol. The lowest BCUT2D eigenvalue weighted by Crippen LogP contribution is -2.42. The SMILES string of the molecule is CC(C)c1cc(C(=O)N[C@H](Cc2c[nH]c3ccccc23)C(=O)O)on1. The van der Waals surface area contributed by atoms with E-state index >= 15 is 0 Å². The second-order valence-corrected chi connectivity index (χ2v) is 6.20. The predicted octanol–water partition coefficient (Wildman–Crippen LogP) is 2.71. The molecule has 0 aliphatic heterocycles. The van der Waals surface area contributed by atoms with Crippen LogP contribution in [0, 0.1) is 0 Å². The first-order chi connectivity index (χ1) is 12.0. The van der Waals surface area contributed by atoms with E-state index in [1.54, 1.807) is 6.20 Å². The number of fused-ring (bicyclic) bond motifs is 1. The lowest BCUT2D eigenvalue weighted by Gasteiger charge is -2.13. The van der Waals surface area contributed by atoms with Gasteiger partial charge in [0, 0.05) is 29.6 Å². The molecule has 0 bridgehead atoms. The molecule has 2 heterocycles. The fourth-order valence-electron chi connectivity index (χ4n) is 2.62. The van der Waals surface area contributed by atoms with Crippen molar-refractivity contribution in [3.8, 4) is 0 Å². The summed E-state index contributed by atoms with van der Waals surface area (Å²) in [5, 5.41) is 16.7. The van der Waals surface area contributed by atoms with E-state index in [1.807, 2.05) is 38.1 Å². The Balaban J connectivity index is 1.77. The van der Waals surface area contributed by atoms with E-state index < -0.39 is 17.9 Å². The highest BCUT2D eigenvalue weighted by Gasteiger charge is 2.24. The van der Waals surface area contributed by atoms with Gasteiger partial charge in [0.05, 0.1) is 5.69 Å². The highest BCUT2D eigenvalue weighted by Crippen LogP contribution is 2.19. The maximum Gasteiger partial charge on any atom is 0.326 e. The summed E-state index contributed by atoms with van der Waals surface area (Å²) in [6, 6.07) is 8.07. The number of nitrogens with one attached hydrogen (secondary N) is 2. The van der Waals surface area contributed by atoms with Crippen molar-refractivity contribution in [1.29, 1.82) is 0 Å². The number of hydrogen-bond donors (Lipinski definition) is 3. The van der Waals surface area contributed by atoms with Gasteiger partial charge in [0.1, 0.15) is 6.04 Å². The first-order valence-corrected chi connectivity index (χ1v) is 8.01. The molecule has 0 aliphatic rings. The van der Waals surface area contributed by atoms with Crippen LogP contribution in [0.1, 0.15) is 41.6 Å². The normalized spacial score (nSPS) is 12.4. The van der Waals surface area contributed by atoms with Crippen molar-refractivity contribution in [3.63, 3.8) is 0 Å². The number of carboxylic acids is 1. The molecule has 25 heavy (non-hydrogen) atoms. The van der Waals surface area contributed by atoms with Crippen molar-refractivity contribution >= 4 is 22.8 Å². The Morgan fingerprint density at radius 2 is 2.08 bits per heavy atom. The van der Waals surface area contributed by atoms with Crippen LogP contribution in [0.15, 0.2) is 41.1 Å². The van der Waals surface area contributed by atoms with Gasteiger partial charge in [-0.2, -0.15) is 0 Å². The van der Waals surface area contributed by atoms with Gasteiger partial charge in [-0.3, -0.25) is 4.79 Å². The summed E-state index contributed by atoms with van der Waals surface area (Å²) in [7, 11) is 0. The minimum atomic E-state index is -1.11. The average Bonchev–Trinajstić information content (AvgIpc) is 3.21. The topological polar surface area (TPSA) is 108 Å². The van der Waals surface area contributed by atoms with Gasteiger partial charge >= 0.3 is 5.97 Å². The third-order valence-electron chi connectivity index (χ3n) is 4.05. The first-order valence-electron chi connectivity index (χ1n) is 8.01. The molecule has 0 saturated heterocycles. The first kappa shape index (κ1) is 16.8. The van der Waals surface area contributed by atoms with E-state index in [2.05, 4.69) is 15.5 Å². The summed E-state index contributed by atoms with van der Waals surface area (Å²) in [5.74, 6) is -1.57. The Labute approximate surface area is 144 Å². The number of amides is 1. The predicted molar refractivity (Wildman–Crippen MR) is 91.5 cm³/mol. The third-order valence-corrected chi connectivity index (χ3v) is 4.05. The molecule has 130 valence electrons. The number of carbonyl (C=O) groups excluding carboxylic acids is 1. The van der Waals surface area contributed by atoms with E-state index in [9.17, 15) is 14.7 Å². The van der Waals surface area contributed by atoms with E-state index in [-0.39, 0.29) is 18.1 Å². The number of aromatic amines is 1. The second-order valence-electron chi connectivity index (χ2n) is 6.20. The van der Waals surface area contributed by atoms with E-state index in [1.165, 1.54) is 6.07 Å². The number of carbonyl (C=O) groups is 2. The smallest absolute Gasteiger partial charge is 0.326 e. The van der Waals surface area contributed by atoms with Gasteiger partial charge in [-0.25, -0.2) is 4.79 Å². The highest BCUT2D eigenvalue weighted by molar-refractivity contribution is 5.94. The van der Waals surface area contributed by atoms with Crippen LogP contribution in [-0.4, -0.2) is 33.2 Å². The summed E-state index contributed by atoms with van der Waals surface area (Å²) < 4.78 is 5.01. The average molecular weight is 341 g/mol. The summed E-state index contributed by atoms with van der Waals surface area (Å²) >= 11 is 0. The molecule has 1 aromatic carbocycles. The van der Waals surface area contributed by atoms with Crippen LogP contribution in [0.2, 0.25) is 0 Å². The number of para-hydroxylation sites is 1. The summed E-state index contributed by atoms with van der Waals surface area (Å²) in [6.07, 6.45) is 1.92. The third kappa shape index (κ3) is 3.55. The fourth-order valence-corrected chi connectivity index (χ4v) is 2.62. The Bertz CT molecular complexity index is 910. The summed E-state index contributed by atoms with van der Waals surface area (Å²) in [4.78, 5) is 26.9. The van der Waals surface area contributed by atoms with Gasteiger partial charge in [-0.1, -0.05) is 37.2 Å². The van der Waals surface area contributed by atoms with Crippen molar-refractivity contribution in [2.45, 2.75) is 32.2 Å². The molecule has 0 saturated carbocycles. The Hall–Kier alpha value is -3.09. The quantitative estimate of drug-likeness (QED) is 0.639. The maximum absolute atomic E-state index is 12.3. The van der Waals surface area contributed by atoms with Gasteiger partial charge < -0.3 is 19.9 Å². The molecule has 7 heteroatoms. The van der Waals surface area contributed by atoms with Gasteiger partial charge in [0.15, 0.2) is 0 Å². The largest absolute Gasteiger partial charge is 0.480 e. The van der Waals surface area contributed by atoms with Crippen molar-refractivity contribution in [3.05, 3.63) is 53.5 Å². The molecule has 2 aromatic heterocycles. The van der Waals surface area contributed by atoms with Crippen LogP contribution in [0.4, 0.5) is 0 Å². The van der Waals surface area contributed by atoms with Gasteiger partial charge in [-0.15, -0.1) is 0 Å². The van der Waals surface area contributed by atoms with Crippen LogP contribution >= 0.6 is 0 Å². The monoisotopic (exact) mass is 341 g/mol. The lowest BCUT2D eigenvalue weighted by molar-refractivity contribution is -0.139. The zero-order valence-electron chi connectivity index (χ0n) is 13.9. The molecular formula is C18H19N3O4. The van der Waals surface area contributed by atoms with Crippen LogP contribution in [0.25, 0.3) is 10.9 Å². The molecule has 7 nitrogen and oxygen atoms in total. The van der Waals surface area contributed by atoms with E-state index in [0.29, 0.717) is 5.69 Å². The minimum absolute atomic E-state index is 0.00822. The zero-order valence-corrected chi connectivity index (χ0v) is 13.9. The fraction of sp³-hybridized carbons (Fsp3) is 0.278. The molecule has 0 radical (unpaired) electrons. The van der Waals surface area contributed by atoms with Crippen LogP contribution in [0.5, 0.6) is 0 Å². The molecule has 0 aliphatic carbocycles. The van der Waals surface area contributed by atoms with Gasteiger partial charge in [-0.05, 0) is 17.5 Å². The van der Waals surface area contributed by atoms with Crippen LogP contribution in [0.3, 0.4) is 0 Å². The number of aromatic nitrogens is 2. The summed E-state index contributed by atoms with van der Waals surface area (Å²) in [5.41, 5.74) is 2.39. The molecule has 1 amide bonds. The Kier molecular flexibility index (Phi) is 4.56. The standard InChI is InChI=1S/C18H19N3O4/c1-10(2)14-8-16(25-21-14)17(22)20-15(18(23)24)7-11-9-19-13-6-4-3-5-12(11)13/h3-6,8-10,15,19H,7H2,1-2H3,(H,20,22)(H,23,24)/t15-/m1/s1. The number of hydrogen-bond acceptors (Lipinski definition) is 4. The molecule has 3 rings (SSSR count). The maximum atomic E-state index is 12.3. The molecule has 3 aromatic rings. The number of rotatable bonds is 6. The molecule has 0 spiro atoms. The van der Waals surface area contributed by atoms with Crippen molar-refractivity contribution in [2.75, 3.05) is 0 Å². The Morgan fingerprint density at radius 3 is 2.76 bits per heavy atom. The van der Waals surface area contributed by atoms with Crippen LogP contribution < -0.4 is 5.32 Å². The molecule has 1 atom stereocenters. The zero-order chi connectivity index (χ0) is 18.0. The lowest BCUT2D eigenvalue weighted by atomic mass is 10.0.